The van der Waals surface area contributed by atoms with Gasteiger partial charge in [0.1, 0.15) is 0 Å². The highest BCUT2D eigenvalue weighted by atomic mass is 16.1. The third-order valence-electron chi connectivity index (χ3n) is 3.09. The standard InChI is InChI=1S/C16H20N2O/c1-2-17-12-16(19)18-10-9-13-7-8-14-5-3-4-6-15(14)11-13/h3-8,11,17H,2,9-10,12H2,1H3,(H,18,19). The second-order valence-electron chi connectivity index (χ2n) is 4.56. The average Bonchev–Trinajstić information content (AvgIpc) is 2.45. The van der Waals surface area contributed by atoms with Gasteiger partial charge in [-0.2, -0.15) is 0 Å². The van der Waals surface area contributed by atoms with Crippen molar-refractivity contribution in [2.75, 3.05) is 19.6 Å². The zero-order chi connectivity index (χ0) is 13.5. The fourth-order valence-electron chi connectivity index (χ4n) is 2.04. The van der Waals surface area contributed by atoms with Crippen LogP contribution in [0.2, 0.25) is 0 Å². The van der Waals surface area contributed by atoms with Gasteiger partial charge in [0, 0.05) is 6.54 Å². The zero-order valence-corrected chi connectivity index (χ0v) is 11.3. The van der Waals surface area contributed by atoms with Gasteiger partial charge in [0.15, 0.2) is 0 Å². The van der Waals surface area contributed by atoms with Crippen molar-refractivity contribution in [1.82, 2.24) is 10.6 Å². The van der Waals surface area contributed by atoms with Gasteiger partial charge in [0.2, 0.25) is 5.91 Å². The molecule has 1 amide bonds. The second-order valence-corrected chi connectivity index (χ2v) is 4.56. The van der Waals surface area contributed by atoms with Crippen molar-refractivity contribution in [1.29, 1.82) is 0 Å². The molecular formula is C16H20N2O. The second kappa shape index (κ2) is 6.90. The molecule has 0 saturated carbocycles. The number of hydrogen-bond acceptors (Lipinski definition) is 2. The van der Waals surface area contributed by atoms with Crippen LogP contribution in [-0.2, 0) is 11.2 Å². The van der Waals surface area contributed by atoms with Crippen LogP contribution in [0, 0.1) is 0 Å². The van der Waals surface area contributed by atoms with Gasteiger partial charge in [-0.25, -0.2) is 0 Å². The molecule has 0 bridgehead atoms. The molecule has 3 nitrogen and oxygen atoms in total. The predicted molar refractivity (Wildman–Crippen MR) is 79.2 cm³/mol. The van der Waals surface area contributed by atoms with E-state index < -0.39 is 0 Å². The summed E-state index contributed by atoms with van der Waals surface area (Å²) in [5.41, 5.74) is 1.25. The Hall–Kier alpha value is -1.87. The number of rotatable bonds is 6. The number of nitrogens with one attached hydrogen (secondary N) is 2. The monoisotopic (exact) mass is 256 g/mol. The number of carbonyl (C=O) groups excluding carboxylic acids is 1. The summed E-state index contributed by atoms with van der Waals surface area (Å²) in [6.45, 7) is 3.89. The van der Waals surface area contributed by atoms with Crippen LogP contribution in [0.1, 0.15) is 12.5 Å². The molecule has 0 aliphatic heterocycles. The first-order valence-corrected chi connectivity index (χ1v) is 6.74. The van der Waals surface area contributed by atoms with Crippen LogP contribution in [0.5, 0.6) is 0 Å². The number of benzene rings is 2. The third-order valence-corrected chi connectivity index (χ3v) is 3.09. The van der Waals surface area contributed by atoms with E-state index in [-0.39, 0.29) is 5.91 Å². The summed E-state index contributed by atoms with van der Waals surface area (Å²) in [4.78, 5) is 11.4. The fraction of sp³-hybridized carbons (Fsp3) is 0.312. The first kappa shape index (κ1) is 13.6. The topological polar surface area (TPSA) is 41.1 Å². The molecule has 0 unspecified atom stereocenters. The molecule has 0 aliphatic carbocycles. The molecule has 2 N–H and O–H groups in total. The highest BCUT2D eigenvalue weighted by Crippen LogP contribution is 2.15. The number of carbonyl (C=O) groups is 1. The van der Waals surface area contributed by atoms with Gasteiger partial charge in [0.25, 0.3) is 0 Å². The highest BCUT2D eigenvalue weighted by Gasteiger charge is 2.00. The zero-order valence-electron chi connectivity index (χ0n) is 11.3. The first-order chi connectivity index (χ1) is 9.29. The van der Waals surface area contributed by atoms with Crippen LogP contribution in [0.3, 0.4) is 0 Å². The largest absolute Gasteiger partial charge is 0.355 e. The van der Waals surface area contributed by atoms with Crippen molar-refractivity contribution >= 4 is 16.7 Å². The molecular weight excluding hydrogens is 236 g/mol. The van der Waals surface area contributed by atoms with Gasteiger partial charge in [-0.1, -0.05) is 49.4 Å². The molecule has 0 fully saturated rings. The Bertz CT molecular complexity index is 551. The van der Waals surface area contributed by atoms with E-state index in [1.54, 1.807) is 0 Å². The third kappa shape index (κ3) is 4.07. The lowest BCUT2D eigenvalue weighted by Crippen LogP contribution is -2.34. The number of fused-ring (bicyclic) bond motifs is 1. The molecule has 0 heterocycles. The van der Waals surface area contributed by atoms with E-state index in [0.717, 1.165) is 13.0 Å². The summed E-state index contributed by atoms with van der Waals surface area (Å²) in [6.07, 6.45) is 0.864. The van der Waals surface area contributed by atoms with E-state index in [2.05, 4.69) is 41.0 Å². The summed E-state index contributed by atoms with van der Waals surface area (Å²) in [6, 6.07) is 14.8. The molecule has 0 saturated heterocycles. The molecule has 3 heteroatoms. The lowest BCUT2D eigenvalue weighted by atomic mass is 10.1. The van der Waals surface area contributed by atoms with Crippen molar-refractivity contribution < 1.29 is 4.79 Å². The molecule has 19 heavy (non-hydrogen) atoms. The fourth-order valence-corrected chi connectivity index (χ4v) is 2.04. The normalized spacial score (nSPS) is 10.6. The SMILES string of the molecule is CCNCC(=O)NCCc1ccc2ccccc2c1. The lowest BCUT2D eigenvalue weighted by molar-refractivity contribution is -0.120. The smallest absolute Gasteiger partial charge is 0.233 e. The maximum absolute atomic E-state index is 11.4. The Kier molecular flexibility index (Phi) is 4.93. The Balaban J connectivity index is 1.86. The van der Waals surface area contributed by atoms with E-state index in [0.29, 0.717) is 13.1 Å². The van der Waals surface area contributed by atoms with Crippen molar-refractivity contribution in [3.05, 3.63) is 48.0 Å². The van der Waals surface area contributed by atoms with Gasteiger partial charge in [-0.05, 0) is 29.3 Å². The van der Waals surface area contributed by atoms with Gasteiger partial charge >= 0.3 is 0 Å². The van der Waals surface area contributed by atoms with Gasteiger partial charge in [0.05, 0.1) is 6.54 Å². The minimum atomic E-state index is 0.0580. The molecule has 0 atom stereocenters. The van der Waals surface area contributed by atoms with Crippen molar-refractivity contribution in [3.8, 4) is 0 Å². The number of hydrogen-bond donors (Lipinski definition) is 2. The molecule has 2 rings (SSSR count). The molecule has 0 aliphatic rings. The Morgan fingerprint density at radius 1 is 1.11 bits per heavy atom. The maximum Gasteiger partial charge on any atom is 0.233 e. The summed E-state index contributed by atoms with van der Waals surface area (Å²) in [5, 5.41) is 8.42. The van der Waals surface area contributed by atoms with Crippen LogP contribution >= 0.6 is 0 Å². The molecule has 0 radical (unpaired) electrons. The Labute approximate surface area is 114 Å². The lowest BCUT2D eigenvalue weighted by Gasteiger charge is -2.06. The average molecular weight is 256 g/mol. The first-order valence-electron chi connectivity index (χ1n) is 6.74. The van der Waals surface area contributed by atoms with Crippen LogP contribution in [0.15, 0.2) is 42.5 Å². The molecule has 100 valence electrons. The van der Waals surface area contributed by atoms with Crippen LogP contribution in [0.4, 0.5) is 0 Å². The van der Waals surface area contributed by atoms with E-state index in [1.807, 2.05) is 19.1 Å². The van der Waals surface area contributed by atoms with Crippen molar-refractivity contribution in [2.45, 2.75) is 13.3 Å². The minimum absolute atomic E-state index is 0.0580. The predicted octanol–water partition coefficient (Wildman–Crippen LogP) is 2.11. The maximum atomic E-state index is 11.4. The highest BCUT2D eigenvalue weighted by molar-refractivity contribution is 5.83. The number of amides is 1. The van der Waals surface area contributed by atoms with Gasteiger partial charge < -0.3 is 10.6 Å². The van der Waals surface area contributed by atoms with E-state index in [4.69, 9.17) is 0 Å². The summed E-state index contributed by atoms with van der Waals surface area (Å²) < 4.78 is 0. The van der Waals surface area contributed by atoms with Crippen LogP contribution in [0.25, 0.3) is 10.8 Å². The van der Waals surface area contributed by atoms with E-state index in [1.165, 1.54) is 16.3 Å². The van der Waals surface area contributed by atoms with Crippen molar-refractivity contribution in [2.24, 2.45) is 0 Å². The quantitative estimate of drug-likeness (QED) is 0.831. The Morgan fingerprint density at radius 2 is 1.89 bits per heavy atom. The van der Waals surface area contributed by atoms with E-state index in [9.17, 15) is 4.79 Å². The molecule has 0 spiro atoms. The Morgan fingerprint density at radius 3 is 2.68 bits per heavy atom. The van der Waals surface area contributed by atoms with Crippen LogP contribution < -0.4 is 10.6 Å². The van der Waals surface area contributed by atoms with Crippen molar-refractivity contribution in [3.63, 3.8) is 0 Å². The van der Waals surface area contributed by atoms with Gasteiger partial charge in [-0.3, -0.25) is 4.79 Å². The summed E-state index contributed by atoms with van der Waals surface area (Å²) in [5.74, 6) is 0.0580. The molecule has 2 aromatic rings. The summed E-state index contributed by atoms with van der Waals surface area (Å²) >= 11 is 0. The molecule has 0 aromatic heterocycles. The minimum Gasteiger partial charge on any atom is -0.355 e. The summed E-state index contributed by atoms with van der Waals surface area (Å²) in [7, 11) is 0. The van der Waals surface area contributed by atoms with E-state index >= 15 is 0 Å². The van der Waals surface area contributed by atoms with Gasteiger partial charge in [-0.15, -0.1) is 0 Å². The number of likely N-dealkylation sites (N-methyl/N-ethyl adjacent to an activating group) is 1. The molecule has 2 aromatic carbocycles. The van der Waals surface area contributed by atoms with Crippen LogP contribution in [-0.4, -0.2) is 25.5 Å².